The predicted molar refractivity (Wildman–Crippen MR) is 284 cm³/mol. The van der Waals surface area contributed by atoms with Gasteiger partial charge in [0.05, 0.1) is 21.8 Å². The first kappa shape index (κ1) is 53.7. The molecule has 3 aliphatic heterocycles. The van der Waals surface area contributed by atoms with E-state index in [9.17, 15) is 35.5 Å². The monoisotopic (exact) mass is 1030 g/mol. The number of halogens is 1. The van der Waals surface area contributed by atoms with Crippen LogP contribution in [-0.2, 0) is 45.5 Å². The van der Waals surface area contributed by atoms with Crippen LogP contribution in [0.4, 0.5) is 17.1 Å². The van der Waals surface area contributed by atoms with Gasteiger partial charge >= 0.3 is 5.97 Å². The fourth-order valence-electron chi connectivity index (χ4n) is 10.6. The molecule has 2 N–H and O–H groups in total. The molecule has 1 amide bonds. The van der Waals surface area contributed by atoms with E-state index in [0.29, 0.717) is 42.0 Å². The zero-order chi connectivity index (χ0) is 51.5. The van der Waals surface area contributed by atoms with Crippen molar-refractivity contribution in [3.05, 3.63) is 118 Å². The summed E-state index contributed by atoms with van der Waals surface area (Å²) in [6.07, 6.45) is 17.3. The Morgan fingerprint density at radius 3 is 2.34 bits per heavy atom. The van der Waals surface area contributed by atoms with E-state index in [4.69, 9.17) is 16.4 Å². The number of allylic oxidation sites excluding steroid dienone is 9. The Labute approximate surface area is 425 Å². The molecule has 4 aliphatic rings. The zero-order valence-corrected chi connectivity index (χ0v) is 44.5. The molecular formula is C55H70ClN4O9S2+. The molecule has 1 saturated heterocycles. The fourth-order valence-corrected chi connectivity index (χ4v) is 12.0. The normalized spacial score (nSPS) is 19.1. The maximum atomic E-state index is 12.7. The van der Waals surface area contributed by atoms with Crippen molar-refractivity contribution < 1.29 is 44.9 Å². The number of carbonyl (C=O) groups is 2. The van der Waals surface area contributed by atoms with Gasteiger partial charge in [-0.25, -0.2) is 4.79 Å². The first-order valence-electron chi connectivity index (χ1n) is 25.1. The van der Waals surface area contributed by atoms with Gasteiger partial charge < -0.3 is 14.6 Å². The van der Waals surface area contributed by atoms with Crippen molar-refractivity contribution in [1.29, 1.82) is 0 Å². The molecule has 1 fully saturated rings. The highest BCUT2D eigenvalue weighted by molar-refractivity contribution is 7.86. The first-order valence-corrected chi connectivity index (χ1v) is 28.5. The largest absolute Gasteiger partial charge is 0.372 e. The number of nitrogens with zero attached hydrogens (tertiary/aromatic N) is 4. The number of anilines is 2. The van der Waals surface area contributed by atoms with E-state index in [0.717, 1.165) is 120 Å². The predicted octanol–water partition coefficient (Wildman–Crippen LogP) is 11.8. The van der Waals surface area contributed by atoms with Crippen molar-refractivity contribution in [2.45, 2.75) is 141 Å². The average molecular weight is 1030 g/mol. The van der Waals surface area contributed by atoms with Gasteiger partial charge in [0, 0.05) is 84.1 Å². The van der Waals surface area contributed by atoms with Crippen LogP contribution in [-0.4, -0.2) is 85.1 Å². The quantitative estimate of drug-likeness (QED) is 0.0593. The van der Waals surface area contributed by atoms with Gasteiger partial charge in [0.15, 0.2) is 5.71 Å². The zero-order valence-electron chi connectivity index (χ0n) is 42.1. The molecule has 382 valence electrons. The van der Waals surface area contributed by atoms with Gasteiger partial charge in [-0.05, 0) is 142 Å². The molecule has 0 saturated carbocycles. The summed E-state index contributed by atoms with van der Waals surface area (Å²) in [5, 5.41) is 3.25. The molecule has 3 aromatic carbocycles. The smallest absolute Gasteiger partial charge is 0.333 e. The third kappa shape index (κ3) is 11.9. The second kappa shape index (κ2) is 22.0. The van der Waals surface area contributed by atoms with Crippen molar-refractivity contribution in [2.75, 3.05) is 41.7 Å². The molecule has 7 rings (SSSR count). The summed E-state index contributed by atoms with van der Waals surface area (Å²) in [5.41, 5.74) is 8.92. The third-order valence-electron chi connectivity index (χ3n) is 14.4. The number of benzene rings is 3. The maximum absolute atomic E-state index is 12.7. The minimum atomic E-state index is -4.42. The van der Waals surface area contributed by atoms with Crippen molar-refractivity contribution in [2.24, 2.45) is 0 Å². The van der Waals surface area contributed by atoms with E-state index >= 15 is 0 Å². The fraction of sp³-hybridized carbons (Fsp3) is 0.473. The maximum Gasteiger partial charge on any atom is 0.333 e. The highest BCUT2D eigenvalue weighted by Gasteiger charge is 2.46. The van der Waals surface area contributed by atoms with Crippen molar-refractivity contribution in [1.82, 2.24) is 5.06 Å². The second-order valence-electron chi connectivity index (χ2n) is 20.2. The van der Waals surface area contributed by atoms with E-state index in [2.05, 4.69) is 105 Å². The number of unbranched alkanes of at least 4 members (excludes halogenated alkanes) is 3. The third-order valence-corrected chi connectivity index (χ3v) is 16.5. The topological polar surface area (TPSA) is 165 Å². The Morgan fingerprint density at radius 2 is 1.65 bits per heavy atom. The van der Waals surface area contributed by atoms with Gasteiger partial charge in [-0.1, -0.05) is 70.5 Å². The summed E-state index contributed by atoms with van der Waals surface area (Å²) in [6.45, 7) is 19.9. The van der Waals surface area contributed by atoms with Gasteiger partial charge in [0.2, 0.25) is 5.69 Å². The van der Waals surface area contributed by atoms with Crippen molar-refractivity contribution >= 4 is 77.3 Å². The minimum absolute atomic E-state index is 0.157. The summed E-state index contributed by atoms with van der Waals surface area (Å²) in [4.78, 5) is 34.6. The van der Waals surface area contributed by atoms with Gasteiger partial charge in [-0.2, -0.15) is 21.4 Å². The van der Waals surface area contributed by atoms with Crippen LogP contribution in [0.3, 0.4) is 0 Å². The summed E-state index contributed by atoms with van der Waals surface area (Å²) < 4.78 is 69.7. The molecule has 16 heteroatoms. The van der Waals surface area contributed by atoms with Crippen LogP contribution >= 0.6 is 11.6 Å². The standard InChI is InChI=1S/C55H69ClN4O9S2/c1-8-10-32-57(31-9-2)42-23-27-46-45(37-42)54(4,5)48(58(46)34-15-35-70(63,64)65)28-21-39-16-14-17-40(53(39)56)22-29-49-55(6,7)52-44-25-24-43(71(66,67)68)36-41(44)20-26-47(52)59(49)33-13-11-12-18-51(62)69-60-38(3)19-30-50(60)61/h20-29,36-37H,3,8-19,30-35H2,1-2,4-7H3,(H-,63,64,65,66,67,68)/p+1. The number of fused-ring (bicyclic) bond motifs is 4. The number of hydrogen-bond acceptors (Lipinski definition) is 9. The lowest BCUT2D eigenvalue weighted by Gasteiger charge is -2.27. The molecule has 13 nitrogen and oxygen atoms in total. The Kier molecular flexibility index (Phi) is 16.6. The Balaban J connectivity index is 1.19. The summed E-state index contributed by atoms with van der Waals surface area (Å²) in [5.74, 6) is -1.08. The Morgan fingerprint density at radius 1 is 0.873 bits per heavy atom. The highest BCUT2D eigenvalue weighted by atomic mass is 35.5. The lowest BCUT2D eigenvalue weighted by atomic mass is 9.78. The molecule has 0 aromatic heterocycles. The van der Waals surface area contributed by atoms with E-state index < -0.39 is 37.0 Å². The number of amides is 1. The highest BCUT2D eigenvalue weighted by Crippen LogP contribution is 2.50. The second-order valence-corrected chi connectivity index (χ2v) is 23.6. The van der Waals surface area contributed by atoms with E-state index in [1.54, 1.807) is 6.07 Å². The molecular weight excluding hydrogens is 960 g/mol. The minimum Gasteiger partial charge on any atom is -0.372 e. The molecule has 0 bridgehead atoms. The van der Waals surface area contributed by atoms with E-state index in [-0.39, 0.29) is 35.8 Å². The number of hydroxylamine groups is 2. The van der Waals surface area contributed by atoms with Crippen LogP contribution in [0.5, 0.6) is 0 Å². The number of carbonyl (C=O) groups excluding carboxylic acids is 2. The van der Waals surface area contributed by atoms with Gasteiger partial charge in [0.25, 0.3) is 26.1 Å². The van der Waals surface area contributed by atoms with Crippen LogP contribution < -0.4 is 9.80 Å². The molecule has 3 heterocycles. The molecule has 0 radical (unpaired) electrons. The summed E-state index contributed by atoms with van der Waals surface area (Å²) in [6, 6.07) is 15.2. The first-order chi connectivity index (χ1) is 33.6. The molecule has 0 atom stereocenters. The molecule has 3 aromatic rings. The Bertz CT molecular complexity index is 2970. The van der Waals surface area contributed by atoms with Crippen LogP contribution in [0.15, 0.2) is 112 Å². The van der Waals surface area contributed by atoms with Crippen molar-refractivity contribution in [3.63, 3.8) is 0 Å². The van der Waals surface area contributed by atoms with E-state index in [1.807, 2.05) is 12.1 Å². The van der Waals surface area contributed by atoms with Gasteiger partial charge in [-0.15, -0.1) is 5.06 Å². The van der Waals surface area contributed by atoms with Gasteiger partial charge in [-0.3, -0.25) is 13.9 Å². The number of rotatable bonds is 21. The summed E-state index contributed by atoms with van der Waals surface area (Å²) >= 11 is 7.38. The van der Waals surface area contributed by atoms with E-state index in [1.165, 1.54) is 17.8 Å². The molecule has 71 heavy (non-hydrogen) atoms. The molecule has 0 unspecified atom stereocenters. The van der Waals surface area contributed by atoms with Crippen LogP contribution in [0.25, 0.3) is 10.8 Å². The summed E-state index contributed by atoms with van der Waals surface area (Å²) in [7, 11) is -8.56. The van der Waals surface area contributed by atoms with Crippen LogP contribution in [0.2, 0.25) is 0 Å². The lowest BCUT2D eigenvalue weighted by Crippen LogP contribution is -2.28. The lowest BCUT2D eigenvalue weighted by molar-refractivity contribution is -0.438. The van der Waals surface area contributed by atoms with Gasteiger partial charge in [0.1, 0.15) is 6.54 Å². The number of hydrogen-bond donors (Lipinski definition) is 2. The van der Waals surface area contributed by atoms with Crippen LogP contribution in [0, 0.1) is 0 Å². The molecule has 1 aliphatic carbocycles. The SMILES string of the molecule is C=C1CCC(=O)N1OC(=O)CCCCC[N+]1=C(C=CC2=C(Cl)C(=CC=C3N(CCCS(=O)(=O)O)c4ccc(N(CCC)CCCC)cc4C3(C)C)CCC2)C(C)(C)c2c1ccc1cc(S(=O)(=O)O)ccc21. The Hall–Kier alpha value is -5.06. The average Bonchev–Trinajstić information content (AvgIpc) is 3.82. The van der Waals surface area contributed by atoms with Crippen LogP contribution in [0.1, 0.15) is 136 Å². The van der Waals surface area contributed by atoms with Crippen molar-refractivity contribution in [3.8, 4) is 0 Å². The molecule has 0 spiro atoms.